The van der Waals surface area contributed by atoms with Gasteiger partial charge in [0.1, 0.15) is 37.1 Å². The van der Waals surface area contributed by atoms with E-state index in [1.807, 2.05) is 109 Å². The first-order valence-electron chi connectivity index (χ1n) is 34.8. The molecule has 534 valence electrons. The second kappa shape index (κ2) is 42.4. The van der Waals surface area contributed by atoms with E-state index in [4.69, 9.17) is 25.7 Å². The van der Waals surface area contributed by atoms with E-state index in [0.717, 1.165) is 77.2 Å². The molecule has 0 saturated carbocycles. The Morgan fingerprint density at radius 2 is 0.393 bits per heavy atom. The summed E-state index contributed by atoms with van der Waals surface area (Å²) in [5.74, 6) is 11.0. The number of aromatic nitrogens is 2. The molecule has 0 saturated heterocycles. The molecule has 2 heterocycles. The summed E-state index contributed by atoms with van der Waals surface area (Å²) in [4.78, 5) is 0. The minimum Gasteiger partial charge on any atom is -0.366 e. The van der Waals surface area contributed by atoms with Gasteiger partial charge < -0.3 is 34.8 Å². The van der Waals surface area contributed by atoms with Crippen molar-refractivity contribution < 1.29 is 89.5 Å². The summed E-state index contributed by atoms with van der Waals surface area (Å²) < 4.78 is 4.40. The molecule has 0 fully saturated rings. The summed E-state index contributed by atoms with van der Waals surface area (Å²) in [5.41, 5.74) is 9.46. The maximum Gasteiger partial charge on any atom is 1.00 e. The number of nitrogens with zero attached hydrogens (tertiary/aromatic N) is 2. The minimum absolute atomic E-state index is 0. The van der Waals surface area contributed by atoms with Crippen LogP contribution < -0.4 is 42.4 Å². The van der Waals surface area contributed by atoms with Gasteiger partial charge in [0, 0.05) is 11.4 Å². The number of unbranched alkanes of at least 4 members (excludes halogenated alkanes) is 1. The Morgan fingerprint density at radius 1 is 0.215 bits per heavy atom. The van der Waals surface area contributed by atoms with Gasteiger partial charge >= 0.3 is 89.5 Å². The standard InChI is InChI=1S/C28H28P2.C25H22P2.2C22H11N.4Au/c1-5-15-25(16-6-1)29(26-17-7-2-8-18-26)23-13-14-24-30(27-19-9-3-10-20-27)28-21-11-4-12-22-28;1-5-13-22(14-6-1)26(23-15-7-2-8-16-23)21-27(24-17-9-3-10-18-24)25-19-11-4-12-20-25;2*1-3-16-10-12-21-19(14-16)20-15-17(4-2)11-13-22(20)23(21)18-8-6-5-7-9-18;;;;/h1-12,15-22H,13-14,23-24H2;1-20H,21H2;2*5-15H;;;;/q;;2*-2;4*+1/p+4. The summed E-state index contributed by atoms with van der Waals surface area (Å²) in [6.45, 7) is 0. The van der Waals surface area contributed by atoms with Crippen LogP contribution in [0.1, 0.15) is 35.1 Å². The zero-order valence-corrected chi connectivity index (χ0v) is 71.1. The molecule has 0 amide bonds. The van der Waals surface area contributed by atoms with E-state index >= 15 is 0 Å². The smallest absolute Gasteiger partial charge is 0.366 e. The van der Waals surface area contributed by atoms with Crippen LogP contribution in [0.2, 0.25) is 0 Å². The van der Waals surface area contributed by atoms with Crippen molar-refractivity contribution in [1.82, 2.24) is 9.13 Å². The predicted molar refractivity (Wildman–Crippen MR) is 452 cm³/mol. The van der Waals surface area contributed by atoms with E-state index in [2.05, 4.69) is 300 Å². The van der Waals surface area contributed by atoms with Gasteiger partial charge in [0.2, 0.25) is 0 Å². The van der Waals surface area contributed by atoms with Crippen molar-refractivity contribution in [2.24, 2.45) is 0 Å². The van der Waals surface area contributed by atoms with Crippen LogP contribution in [-0.2, 0) is 89.5 Å². The van der Waals surface area contributed by atoms with E-state index in [9.17, 15) is 0 Å². The molecule has 0 spiro atoms. The Bertz CT molecular complexity index is 4940. The third-order valence-corrected chi connectivity index (χ3v) is 31.3. The molecule has 0 aliphatic heterocycles. The molecule has 0 unspecified atom stereocenters. The van der Waals surface area contributed by atoms with Crippen LogP contribution in [0.5, 0.6) is 0 Å². The van der Waals surface area contributed by atoms with Crippen molar-refractivity contribution in [3.8, 4) is 35.1 Å². The van der Waals surface area contributed by atoms with Crippen molar-refractivity contribution in [2.75, 3.05) is 18.2 Å². The fourth-order valence-corrected chi connectivity index (χ4v) is 26.7. The van der Waals surface area contributed by atoms with Gasteiger partial charge in [-0.05, 0) is 156 Å². The fraction of sp³-hybridized carbons (Fsp3) is 0.0515. The van der Waals surface area contributed by atoms with Gasteiger partial charge in [-0.3, -0.25) is 23.7 Å². The van der Waals surface area contributed by atoms with E-state index in [0.29, 0.717) is 0 Å². The fourth-order valence-electron chi connectivity index (χ4n) is 13.6. The summed E-state index contributed by atoms with van der Waals surface area (Å²) in [6, 6.07) is 133. The topological polar surface area (TPSA) is 9.86 Å². The third-order valence-electron chi connectivity index (χ3n) is 18.6. The Balaban J connectivity index is 0.000000164. The van der Waals surface area contributed by atoms with Gasteiger partial charge in [0.25, 0.3) is 0 Å². The number of fused-ring (bicyclic) bond motifs is 6. The van der Waals surface area contributed by atoms with Crippen LogP contribution in [-0.4, -0.2) is 27.4 Å². The Morgan fingerprint density at radius 3 is 0.579 bits per heavy atom. The Hall–Kier alpha value is -8.40. The van der Waals surface area contributed by atoms with E-state index in [1.165, 1.54) is 73.5 Å². The first-order chi connectivity index (χ1) is 51.0. The number of rotatable bonds is 17. The van der Waals surface area contributed by atoms with Gasteiger partial charge in [0.05, 0.1) is 71.5 Å². The van der Waals surface area contributed by atoms with Crippen LogP contribution in [0.3, 0.4) is 0 Å². The van der Waals surface area contributed by atoms with Crippen LogP contribution in [0.15, 0.2) is 376 Å². The summed E-state index contributed by atoms with van der Waals surface area (Å²) >= 11 is 0. The Kier molecular flexibility index (Phi) is 32.7. The van der Waals surface area contributed by atoms with Gasteiger partial charge in [-0.1, -0.05) is 206 Å². The average Bonchev–Trinajstić information content (AvgIpc) is 1.60. The molecule has 16 aromatic rings. The van der Waals surface area contributed by atoms with Crippen molar-refractivity contribution in [3.63, 3.8) is 0 Å². The molecule has 14 aromatic carbocycles. The van der Waals surface area contributed by atoms with Gasteiger partial charge in [0.15, 0.2) is 5.90 Å². The van der Waals surface area contributed by atoms with Crippen molar-refractivity contribution in [1.29, 1.82) is 0 Å². The molecule has 10 heteroatoms. The number of hydrogen-bond acceptors (Lipinski definition) is 0. The van der Waals surface area contributed by atoms with Crippen molar-refractivity contribution in [3.05, 3.63) is 424 Å². The van der Waals surface area contributed by atoms with Crippen LogP contribution in [0.4, 0.5) is 0 Å². The molecular formula is C97H76Au4N2P4+4. The molecular weight excluding hydrogens is 2100 g/mol. The Labute approximate surface area is 699 Å². The largest absolute Gasteiger partial charge is 1.00 e. The normalized spacial score (nSPS) is 10.4. The van der Waals surface area contributed by atoms with E-state index < -0.39 is 31.7 Å². The van der Waals surface area contributed by atoms with Crippen molar-refractivity contribution in [2.45, 2.75) is 12.8 Å². The van der Waals surface area contributed by atoms with Crippen LogP contribution >= 0.6 is 31.7 Å². The second-order valence-electron chi connectivity index (χ2n) is 25.0. The molecule has 107 heavy (non-hydrogen) atoms. The van der Waals surface area contributed by atoms with Gasteiger partial charge in [-0.25, -0.2) is 0 Å². The number of hydrogen-bond donors (Lipinski definition) is 0. The van der Waals surface area contributed by atoms with Crippen LogP contribution in [0.25, 0.3) is 55.0 Å². The predicted octanol–water partition coefficient (Wildman–Crippen LogP) is 19.5. The zero-order chi connectivity index (χ0) is 70.4. The molecule has 0 N–H and O–H groups in total. The second-order valence-corrected chi connectivity index (χ2v) is 35.9. The number of para-hydroxylation sites is 2. The molecule has 0 bridgehead atoms. The monoisotopic (exact) mass is 2180 g/mol. The summed E-state index contributed by atoms with van der Waals surface area (Å²) in [7, 11) is -3.12. The quantitative estimate of drug-likeness (QED) is 0.0283. The molecule has 2 aromatic heterocycles. The minimum atomic E-state index is -0.847. The van der Waals surface area contributed by atoms with E-state index in [1.54, 1.807) is 0 Å². The van der Waals surface area contributed by atoms with E-state index in [-0.39, 0.29) is 89.5 Å². The maximum absolute atomic E-state index is 7.38. The zero-order valence-electron chi connectivity index (χ0n) is 58.4. The maximum atomic E-state index is 7.38. The van der Waals surface area contributed by atoms with Gasteiger partial charge in [-0.2, -0.15) is 0 Å². The SMILES string of the molecule is [Au+].[Au+].[Au+].[Au+].[C-]#Cc1ccc2c(c1)c1cc(C#[C-])ccc1n2-c1ccccc1.[C-]#Cc1ccc2c(c1)c1cc(C#[C-])ccc1n2-c1ccccc1.c1ccc([PH+](CCCC[PH+](c2ccccc2)c2ccccc2)c2ccccc2)cc1.c1ccc([PH+](C[PH+](c2ccccc2)c2ccccc2)c2ccccc2)cc1. The average molecular weight is 2180 g/mol. The molecule has 0 aliphatic carbocycles. The first-order valence-corrected chi connectivity index (χ1v) is 41.6. The molecule has 0 aliphatic rings. The summed E-state index contributed by atoms with van der Waals surface area (Å²) in [6.07, 6.45) is 34.7. The third kappa shape index (κ3) is 20.9. The molecule has 0 radical (unpaired) electrons. The number of benzene rings is 14. The first kappa shape index (κ1) is 82.7. The molecule has 16 rings (SSSR count). The molecule has 2 nitrogen and oxygen atoms in total. The van der Waals surface area contributed by atoms with Gasteiger partial charge in [-0.15, -0.1) is 70.8 Å². The summed E-state index contributed by atoms with van der Waals surface area (Å²) in [5, 5.41) is 16.4. The van der Waals surface area contributed by atoms with Crippen LogP contribution in [0, 0.1) is 49.4 Å². The molecule has 0 atom stereocenters. The van der Waals surface area contributed by atoms with Crippen molar-refractivity contribution >= 4 is 118 Å².